The van der Waals surface area contributed by atoms with Crippen LogP contribution in [-0.4, -0.2) is 25.2 Å². The average Bonchev–Trinajstić information content (AvgIpc) is 2.68. The highest BCUT2D eigenvalue weighted by Gasteiger charge is 2.22. The van der Waals surface area contributed by atoms with Gasteiger partial charge in [-0.25, -0.2) is 9.59 Å². The lowest BCUT2D eigenvalue weighted by Crippen LogP contribution is -2.20. The van der Waals surface area contributed by atoms with Crippen LogP contribution in [0.3, 0.4) is 0 Å². The quantitative estimate of drug-likeness (QED) is 0.492. The molecule has 0 spiro atoms. The van der Waals surface area contributed by atoms with E-state index in [4.69, 9.17) is 14.5 Å². The Morgan fingerprint density at radius 2 is 1.15 bits per heavy atom. The summed E-state index contributed by atoms with van der Waals surface area (Å²) in [6, 6.07) is 13.4. The molecule has 2 radical (unpaired) electrons. The van der Waals surface area contributed by atoms with Crippen molar-refractivity contribution in [2.75, 3.05) is 13.2 Å². The summed E-state index contributed by atoms with van der Waals surface area (Å²) in [5.41, 5.74) is 2.56. The first kappa shape index (κ1) is 20.6. The molecule has 0 atom stereocenters. The van der Waals surface area contributed by atoms with E-state index >= 15 is 0 Å². The van der Waals surface area contributed by atoms with Crippen LogP contribution in [0.1, 0.15) is 31.8 Å². The van der Waals surface area contributed by atoms with Crippen LogP contribution in [0.5, 0.6) is 0 Å². The number of rotatable bonds is 9. The Morgan fingerprint density at radius 3 is 1.52 bits per heavy atom. The Hall–Kier alpha value is -2.74. The van der Waals surface area contributed by atoms with Crippen molar-refractivity contribution in [3.8, 4) is 0 Å². The van der Waals surface area contributed by atoms with Crippen LogP contribution in [-0.2, 0) is 24.3 Å². The highest BCUT2D eigenvalue weighted by Crippen LogP contribution is 2.13. The summed E-state index contributed by atoms with van der Waals surface area (Å²) >= 11 is 0. The number of hydrogen-bond acceptors (Lipinski definition) is 7. The summed E-state index contributed by atoms with van der Waals surface area (Å²) in [7, 11) is 0. The first-order valence-corrected chi connectivity index (χ1v) is 8.13. The molecular weight excluding hydrogens is 352 g/mol. The summed E-state index contributed by atoms with van der Waals surface area (Å²) < 4.78 is 5.02. The average molecular weight is 372 g/mol. The first-order valence-electron chi connectivity index (χ1n) is 8.13. The Labute approximate surface area is 157 Å². The lowest BCUT2D eigenvalue weighted by Gasteiger charge is -2.13. The van der Waals surface area contributed by atoms with Crippen LogP contribution in [0.4, 0.5) is 0 Å². The minimum Gasteiger partial charge on any atom is -0.375 e. The first-order chi connectivity index (χ1) is 13.0. The summed E-state index contributed by atoms with van der Waals surface area (Å²) in [6.07, 6.45) is -0.362. The number of aryl methyl sites for hydroxylation is 2. The van der Waals surface area contributed by atoms with E-state index in [9.17, 15) is 9.59 Å². The summed E-state index contributed by atoms with van der Waals surface area (Å²) in [4.78, 5) is 42.9. The van der Waals surface area contributed by atoms with Crippen molar-refractivity contribution in [3.05, 3.63) is 84.0 Å². The van der Waals surface area contributed by atoms with Gasteiger partial charge in [0.15, 0.2) is 0 Å². The minimum atomic E-state index is -0.740. The van der Waals surface area contributed by atoms with Gasteiger partial charge in [0.25, 0.3) is 0 Å². The van der Waals surface area contributed by atoms with Crippen LogP contribution in [0.25, 0.3) is 0 Å². The number of hydrogen-bond donors (Lipinski definition) is 0. The van der Waals surface area contributed by atoms with E-state index in [0.717, 1.165) is 11.1 Å². The second kappa shape index (κ2) is 10.4. The molecule has 0 fully saturated rings. The maximum Gasteiger partial charge on any atom is 0.373 e. The third-order valence-corrected chi connectivity index (χ3v) is 3.36. The van der Waals surface area contributed by atoms with Gasteiger partial charge in [0.2, 0.25) is 0 Å². The fraction of sp³-hybridized carbons (Fsp3) is 0.200. The summed E-state index contributed by atoms with van der Waals surface area (Å²) in [6.45, 7) is 7.14. The van der Waals surface area contributed by atoms with Gasteiger partial charge in [0.05, 0.1) is 11.1 Å². The molecule has 0 aromatic heterocycles. The van der Waals surface area contributed by atoms with Gasteiger partial charge in [-0.3, -0.25) is 9.78 Å². The van der Waals surface area contributed by atoms with Gasteiger partial charge >= 0.3 is 18.2 Å². The molecule has 2 aromatic carbocycles. The lowest BCUT2D eigenvalue weighted by molar-refractivity contribution is -0.368. The molecule has 142 valence electrons. The molecule has 0 unspecified atom stereocenters. The monoisotopic (exact) mass is 372 g/mol. The SMILES string of the molecule is [CH2]COC[C](OOC(=O)c1ccc(C)cc1)OOC(=O)c1ccc(C)cc1. The molecule has 2 rings (SSSR count). The Balaban J connectivity index is 1.88. The maximum absolute atomic E-state index is 11.9. The molecule has 0 aliphatic heterocycles. The zero-order valence-corrected chi connectivity index (χ0v) is 15.1. The predicted octanol–water partition coefficient (Wildman–Crippen LogP) is 3.52. The van der Waals surface area contributed by atoms with Crippen molar-refractivity contribution < 1.29 is 33.9 Å². The van der Waals surface area contributed by atoms with Crippen LogP contribution < -0.4 is 0 Å². The Morgan fingerprint density at radius 1 is 0.741 bits per heavy atom. The molecule has 0 aliphatic carbocycles. The van der Waals surface area contributed by atoms with Crippen LogP contribution in [0.15, 0.2) is 48.5 Å². The number of carbonyl (C=O) groups is 2. The van der Waals surface area contributed by atoms with Crippen LogP contribution in [0.2, 0.25) is 0 Å². The molecule has 2 aromatic rings. The zero-order valence-electron chi connectivity index (χ0n) is 15.1. The molecule has 0 saturated heterocycles. The highest BCUT2D eigenvalue weighted by atomic mass is 17.3. The molecule has 0 bridgehead atoms. The normalized spacial score (nSPS) is 10.7. The third kappa shape index (κ3) is 6.82. The Bertz CT molecular complexity index is 676. The smallest absolute Gasteiger partial charge is 0.373 e. The van der Waals surface area contributed by atoms with Crippen molar-refractivity contribution in [1.29, 1.82) is 0 Å². The molecule has 0 amide bonds. The molecule has 27 heavy (non-hydrogen) atoms. The van der Waals surface area contributed by atoms with Gasteiger partial charge in [0, 0.05) is 6.61 Å². The van der Waals surface area contributed by atoms with Gasteiger partial charge in [0.1, 0.15) is 6.61 Å². The number of benzene rings is 2. The van der Waals surface area contributed by atoms with Crippen molar-refractivity contribution >= 4 is 11.9 Å². The van der Waals surface area contributed by atoms with E-state index in [1.54, 1.807) is 48.5 Å². The fourth-order valence-electron chi connectivity index (χ4n) is 1.86. The van der Waals surface area contributed by atoms with Crippen molar-refractivity contribution in [1.82, 2.24) is 0 Å². The van der Waals surface area contributed by atoms with Crippen LogP contribution >= 0.6 is 0 Å². The molecule has 7 heteroatoms. The molecule has 7 nitrogen and oxygen atoms in total. The third-order valence-electron chi connectivity index (χ3n) is 3.36. The topological polar surface area (TPSA) is 80.3 Å². The van der Waals surface area contributed by atoms with Gasteiger partial charge in [-0.1, -0.05) is 35.4 Å². The van der Waals surface area contributed by atoms with Gasteiger partial charge in [-0.05, 0) is 45.0 Å². The van der Waals surface area contributed by atoms with Gasteiger partial charge in [-0.2, -0.15) is 0 Å². The standard InChI is InChI=1S/C20H20O7/c1-4-23-13-18(24-26-19(21)16-9-5-14(2)6-10-16)25-27-20(22)17-11-7-15(3)8-12-17/h5-12H,1,4,13H2,2-3H3. The maximum atomic E-state index is 11.9. The van der Waals surface area contributed by atoms with E-state index in [0.29, 0.717) is 0 Å². The van der Waals surface area contributed by atoms with E-state index in [-0.39, 0.29) is 30.6 Å². The highest BCUT2D eigenvalue weighted by molar-refractivity contribution is 5.89. The van der Waals surface area contributed by atoms with E-state index in [2.05, 4.69) is 16.7 Å². The summed E-state index contributed by atoms with van der Waals surface area (Å²) in [5.74, 6) is -1.48. The molecular formula is C20H20O7. The fourth-order valence-corrected chi connectivity index (χ4v) is 1.86. The molecule has 0 heterocycles. The summed E-state index contributed by atoms with van der Waals surface area (Å²) in [5, 5.41) is 0. The van der Waals surface area contributed by atoms with Crippen LogP contribution in [0, 0.1) is 27.1 Å². The Kier molecular flexibility index (Phi) is 7.94. The lowest BCUT2D eigenvalue weighted by atomic mass is 10.2. The minimum absolute atomic E-state index is 0.105. The van der Waals surface area contributed by atoms with Crippen molar-refractivity contribution in [2.24, 2.45) is 0 Å². The largest absolute Gasteiger partial charge is 0.375 e. The molecule has 0 saturated carbocycles. The van der Waals surface area contributed by atoms with E-state index < -0.39 is 11.9 Å². The van der Waals surface area contributed by atoms with E-state index in [1.807, 2.05) is 13.8 Å². The molecule has 0 N–H and O–H groups in total. The molecule has 0 aliphatic rings. The number of ether oxygens (including phenoxy) is 1. The number of carbonyl (C=O) groups excluding carboxylic acids is 2. The predicted molar refractivity (Wildman–Crippen MR) is 94.8 cm³/mol. The second-order valence-electron chi connectivity index (χ2n) is 5.56. The zero-order chi connectivity index (χ0) is 19.6. The van der Waals surface area contributed by atoms with Crippen molar-refractivity contribution in [3.63, 3.8) is 0 Å². The van der Waals surface area contributed by atoms with Crippen molar-refractivity contribution in [2.45, 2.75) is 13.8 Å². The second-order valence-corrected chi connectivity index (χ2v) is 5.56. The van der Waals surface area contributed by atoms with Gasteiger partial charge in [-0.15, -0.1) is 9.78 Å². The van der Waals surface area contributed by atoms with Gasteiger partial charge < -0.3 is 4.74 Å². The van der Waals surface area contributed by atoms with E-state index in [1.165, 1.54) is 0 Å².